The van der Waals surface area contributed by atoms with Gasteiger partial charge in [-0.25, -0.2) is 4.98 Å². The van der Waals surface area contributed by atoms with Crippen molar-refractivity contribution in [3.05, 3.63) is 36.0 Å². The third kappa shape index (κ3) is 3.32. The molecule has 6 nitrogen and oxygen atoms in total. The maximum atomic E-state index is 9.82. The van der Waals surface area contributed by atoms with Gasteiger partial charge < -0.3 is 14.7 Å². The van der Waals surface area contributed by atoms with E-state index in [9.17, 15) is 5.11 Å². The molecular formula is C15H16N4O2S. The van der Waals surface area contributed by atoms with Crippen molar-refractivity contribution in [2.24, 2.45) is 5.10 Å². The van der Waals surface area contributed by atoms with Crippen molar-refractivity contribution >= 4 is 34.4 Å². The van der Waals surface area contributed by atoms with Gasteiger partial charge in [-0.15, -0.1) is 0 Å². The summed E-state index contributed by atoms with van der Waals surface area (Å²) < 4.78 is 5.27. The van der Waals surface area contributed by atoms with Crippen LogP contribution in [0, 0.1) is 0 Å². The minimum Gasteiger partial charge on any atom is -0.506 e. The van der Waals surface area contributed by atoms with Crippen LogP contribution in [-0.2, 0) is 4.74 Å². The molecule has 0 radical (unpaired) electrons. The minimum atomic E-state index is 0.157. The number of thiocarbonyl (C=S) groups is 1. The first-order chi connectivity index (χ1) is 10.7. The number of nitrogens with one attached hydrogen (secondary N) is 1. The largest absolute Gasteiger partial charge is 0.506 e. The first-order valence-corrected chi connectivity index (χ1v) is 7.39. The summed E-state index contributed by atoms with van der Waals surface area (Å²) in [6.45, 7) is 2.89. The van der Waals surface area contributed by atoms with Gasteiger partial charge >= 0.3 is 0 Å². The Bertz CT molecular complexity index is 714. The summed E-state index contributed by atoms with van der Waals surface area (Å²) in [5, 5.41) is 15.4. The Morgan fingerprint density at radius 1 is 1.32 bits per heavy atom. The Morgan fingerprint density at radius 2 is 2.14 bits per heavy atom. The summed E-state index contributed by atoms with van der Waals surface area (Å²) >= 11 is 5.27. The summed E-state index contributed by atoms with van der Waals surface area (Å²) in [6.07, 6.45) is 1.58. The van der Waals surface area contributed by atoms with Gasteiger partial charge in [-0.05, 0) is 24.4 Å². The van der Waals surface area contributed by atoms with Crippen LogP contribution in [0.2, 0.25) is 0 Å². The predicted molar refractivity (Wildman–Crippen MR) is 89.1 cm³/mol. The number of phenols is 1. The van der Waals surface area contributed by atoms with Crippen molar-refractivity contribution in [2.75, 3.05) is 26.3 Å². The maximum absolute atomic E-state index is 9.82. The van der Waals surface area contributed by atoms with E-state index in [0.717, 1.165) is 18.5 Å². The lowest BCUT2D eigenvalue weighted by atomic mass is 10.2. The van der Waals surface area contributed by atoms with Gasteiger partial charge in [0.15, 0.2) is 5.11 Å². The quantitative estimate of drug-likeness (QED) is 0.497. The number of hydrogen-bond donors (Lipinski definition) is 2. The first kappa shape index (κ1) is 14.7. The second kappa shape index (κ2) is 6.67. The molecule has 0 spiro atoms. The molecule has 2 N–H and O–H groups in total. The van der Waals surface area contributed by atoms with Gasteiger partial charge in [-0.1, -0.05) is 18.2 Å². The lowest BCUT2D eigenvalue weighted by Crippen LogP contribution is -2.44. The van der Waals surface area contributed by atoms with Gasteiger partial charge in [0.2, 0.25) is 0 Å². The second-order valence-corrected chi connectivity index (χ2v) is 5.25. The van der Waals surface area contributed by atoms with Crippen molar-refractivity contribution in [2.45, 2.75) is 0 Å². The zero-order valence-corrected chi connectivity index (χ0v) is 12.7. The molecule has 0 amide bonds. The van der Waals surface area contributed by atoms with E-state index in [4.69, 9.17) is 17.0 Å². The van der Waals surface area contributed by atoms with Gasteiger partial charge in [-0.2, -0.15) is 5.10 Å². The lowest BCUT2D eigenvalue weighted by molar-refractivity contribution is 0.0677. The fourth-order valence-corrected chi connectivity index (χ4v) is 2.44. The van der Waals surface area contributed by atoms with E-state index in [2.05, 4.69) is 15.5 Å². The zero-order valence-electron chi connectivity index (χ0n) is 11.9. The number of para-hydroxylation sites is 1. The Hall–Kier alpha value is -2.25. The Balaban J connectivity index is 1.67. The number of ether oxygens (including phenoxy) is 1. The van der Waals surface area contributed by atoms with Gasteiger partial charge in [0.1, 0.15) is 11.3 Å². The molecule has 1 aromatic heterocycles. The van der Waals surface area contributed by atoms with Crippen molar-refractivity contribution in [1.82, 2.24) is 15.3 Å². The third-order valence-corrected chi connectivity index (χ3v) is 3.73. The Kier molecular flexibility index (Phi) is 4.45. The summed E-state index contributed by atoms with van der Waals surface area (Å²) in [5.41, 5.74) is 4.03. The Labute approximate surface area is 133 Å². The molecule has 22 heavy (non-hydrogen) atoms. The van der Waals surface area contributed by atoms with Gasteiger partial charge in [0.25, 0.3) is 0 Å². The standard InChI is InChI=1S/C15H16N4O2S/c20-13-3-1-2-11-4-5-12(17-14(11)13)10-16-18-15(22)19-6-8-21-9-7-19/h1-5,10,20H,6-9H2,(H,18,22)/b16-10+. The first-order valence-electron chi connectivity index (χ1n) is 6.98. The number of phenolic OH excluding ortho intramolecular Hbond substituents is 1. The highest BCUT2D eigenvalue weighted by Crippen LogP contribution is 2.21. The van der Waals surface area contributed by atoms with Gasteiger partial charge in [0.05, 0.1) is 25.1 Å². The number of hydrazone groups is 1. The molecule has 2 heterocycles. The van der Waals surface area contributed by atoms with Crippen LogP contribution in [0.5, 0.6) is 5.75 Å². The number of aromatic nitrogens is 1. The normalized spacial score (nSPS) is 15.4. The molecule has 0 saturated carbocycles. The van der Waals surface area contributed by atoms with E-state index < -0.39 is 0 Å². The SMILES string of the molecule is Oc1cccc2ccc(/C=N/NC(=S)N3CCOCC3)nc12. The predicted octanol–water partition coefficient (Wildman–Crippen LogP) is 1.48. The van der Waals surface area contributed by atoms with Crippen LogP contribution < -0.4 is 5.43 Å². The summed E-state index contributed by atoms with van der Waals surface area (Å²) in [4.78, 5) is 6.38. The zero-order chi connectivity index (χ0) is 15.4. The number of pyridine rings is 1. The van der Waals surface area contributed by atoms with E-state index in [1.54, 1.807) is 18.3 Å². The van der Waals surface area contributed by atoms with E-state index >= 15 is 0 Å². The van der Waals surface area contributed by atoms with E-state index in [-0.39, 0.29) is 5.75 Å². The van der Waals surface area contributed by atoms with Crippen molar-refractivity contribution in [3.8, 4) is 5.75 Å². The third-order valence-electron chi connectivity index (χ3n) is 3.38. The number of nitrogens with zero attached hydrogens (tertiary/aromatic N) is 3. The topological polar surface area (TPSA) is 70.0 Å². The van der Waals surface area contributed by atoms with Crippen LogP contribution in [0.1, 0.15) is 5.69 Å². The van der Waals surface area contributed by atoms with Crippen LogP contribution in [0.4, 0.5) is 0 Å². The van der Waals surface area contributed by atoms with Gasteiger partial charge in [-0.3, -0.25) is 5.43 Å². The molecule has 3 rings (SSSR count). The monoisotopic (exact) mass is 316 g/mol. The summed E-state index contributed by atoms with van der Waals surface area (Å²) in [5.74, 6) is 0.157. The number of benzene rings is 1. The number of morpholine rings is 1. The second-order valence-electron chi connectivity index (χ2n) is 4.86. The lowest BCUT2D eigenvalue weighted by Gasteiger charge is -2.28. The molecule has 0 bridgehead atoms. The van der Waals surface area contributed by atoms with E-state index in [0.29, 0.717) is 29.5 Å². The average Bonchev–Trinajstić information content (AvgIpc) is 2.56. The molecule has 114 valence electrons. The van der Waals surface area contributed by atoms with Crippen LogP contribution in [0.15, 0.2) is 35.4 Å². The van der Waals surface area contributed by atoms with E-state index in [1.807, 2.05) is 23.1 Å². The molecule has 0 aliphatic carbocycles. The molecule has 7 heteroatoms. The number of rotatable bonds is 2. The number of aromatic hydroxyl groups is 1. The van der Waals surface area contributed by atoms with Crippen molar-refractivity contribution in [3.63, 3.8) is 0 Å². The molecule has 0 atom stereocenters. The summed E-state index contributed by atoms with van der Waals surface area (Å²) in [7, 11) is 0. The van der Waals surface area contributed by atoms with Crippen LogP contribution in [0.3, 0.4) is 0 Å². The fourth-order valence-electron chi connectivity index (χ4n) is 2.21. The molecule has 1 saturated heterocycles. The molecular weight excluding hydrogens is 300 g/mol. The highest BCUT2D eigenvalue weighted by atomic mass is 32.1. The fraction of sp³-hybridized carbons (Fsp3) is 0.267. The Morgan fingerprint density at radius 3 is 2.95 bits per heavy atom. The van der Waals surface area contributed by atoms with Gasteiger partial charge in [0, 0.05) is 18.5 Å². The maximum Gasteiger partial charge on any atom is 0.189 e. The highest BCUT2D eigenvalue weighted by Gasteiger charge is 2.12. The highest BCUT2D eigenvalue weighted by molar-refractivity contribution is 7.80. The smallest absolute Gasteiger partial charge is 0.189 e. The van der Waals surface area contributed by atoms with Crippen molar-refractivity contribution < 1.29 is 9.84 Å². The van der Waals surface area contributed by atoms with Crippen LogP contribution in [0.25, 0.3) is 10.9 Å². The molecule has 1 fully saturated rings. The molecule has 1 aliphatic rings. The number of fused-ring (bicyclic) bond motifs is 1. The molecule has 2 aromatic rings. The van der Waals surface area contributed by atoms with Crippen molar-refractivity contribution in [1.29, 1.82) is 0 Å². The molecule has 1 aliphatic heterocycles. The van der Waals surface area contributed by atoms with E-state index in [1.165, 1.54) is 0 Å². The minimum absolute atomic E-state index is 0.157. The van der Waals surface area contributed by atoms with Crippen LogP contribution in [-0.4, -0.2) is 52.6 Å². The molecule has 1 aromatic carbocycles. The summed E-state index contributed by atoms with van der Waals surface area (Å²) in [6, 6.07) is 9.03. The average molecular weight is 316 g/mol. The molecule has 0 unspecified atom stereocenters. The number of hydrogen-bond acceptors (Lipinski definition) is 5. The van der Waals surface area contributed by atoms with Crippen LogP contribution >= 0.6 is 12.2 Å².